The second-order valence-electron chi connectivity index (χ2n) is 3.71. The Hall–Kier alpha value is -1.46. The number of rotatable bonds is 2. The van der Waals surface area contributed by atoms with Gasteiger partial charge >= 0.3 is 0 Å². The Morgan fingerprint density at radius 3 is 2.13 bits per heavy atom. The summed E-state index contributed by atoms with van der Waals surface area (Å²) in [6.45, 7) is 0.0579. The maximum atomic E-state index is 9.86. The Morgan fingerprint density at radius 2 is 1.67 bits per heavy atom. The van der Waals surface area contributed by atoms with Crippen molar-refractivity contribution in [3.63, 3.8) is 0 Å². The van der Waals surface area contributed by atoms with E-state index in [-0.39, 0.29) is 37.1 Å². The lowest BCUT2D eigenvalue weighted by molar-refractivity contribution is 0.0834. The number of aliphatic hydroxyl groups is 1. The van der Waals surface area contributed by atoms with E-state index in [4.69, 9.17) is 9.84 Å². The molecule has 3 heterocycles. The third-order valence-electron chi connectivity index (χ3n) is 2.93. The normalized spacial score (nSPS) is 26.2. The Morgan fingerprint density at radius 1 is 1.13 bits per heavy atom. The minimum Gasteiger partial charge on any atom is -0.494 e. The van der Waals surface area contributed by atoms with Crippen molar-refractivity contribution in [2.24, 2.45) is 0 Å². The molecule has 0 radical (unpaired) electrons. The highest BCUT2D eigenvalue weighted by Crippen LogP contribution is 2.54. The topological polar surface area (TPSA) is 74.9 Å². The van der Waals surface area contributed by atoms with Crippen LogP contribution in [0.4, 0.5) is 0 Å². The van der Waals surface area contributed by atoms with E-state index in [1.165, 1.54) is 4.57 Å². The lowest BCUT2D eigenvalue weighted by Crippen LogP contribution is -2.02. The van der Waals surface area contributed by atoms with Gasteiger partial charge in [-0.3, -0.25) is 4.57 Å². The zero-order chi connectivity index (χ0) is 10.6. The molecule has 15 heavy (non-hydrogen) atoms. The van der Waals surface area contributed by atoms with Crippen molar-refractivity contribution in [1.82, 2.24) is 4.57 Å². The van der Waals surface area contributed by atoms with Crippen molar-refractivity contribution >= 4 is 0 Å². The molecular formula is C10H11NO4. The molecule has 2 bridgehead atoms. The minimum absolute atomic E-state index is 0.00611. The zero-order valence-electron chi connectivity index (χ0n) is 7.92. The second kappa shape index (κ2) is 2.77. The molecular weight excluding hydrogens is 198 g/mol. The molecule has 3 N–H and O–H groups in total. The molecule has 2 aliphatic heterocycles. The van der Waals surface area contributed by atoms with Gasteiger partial charge in [-0.15, -0.1) is 0 Å². The monoisotopic (exact) mass is 209 g/mol. The first-order chi connectivity index (χ1) is 7.24. The van der Waals surface area contributed by atoms with Crippen LogP contribution in [0.25, 0.3) is 0 Å². The minimum atomic E-state index is -0.254. The van der Waals surface area contributed by atoms with Gasteiger partial charge in [-0.25, -0.2) is 0 Å². The quantitative estimate of drug-likeness (QED) is 0.622. The molecule has 1 aromatic rings. The highest BCUT2D eigenvalue weighted by atomic mass is 16.5. The van der Waals surface area contributed by atoms with E-state index in [2.05, 4.69) is 0 Å². The summed E-state index contributed by atoms with van der Waals surface area (Å²) in [7, 11) is 0. The van der Waals surface area contributed by atoms with E-state index in [1.54, 1.807) is 0 Å². The standard InChI is InChI=1S/C10H11NO4/c12-4-3-11-9(13)7-5-1-2-6(15-5)8(7)10(11)14/h1-2,5-6,12-14H,3-4H2/t5-,6+. The van der Waals surface area contributed by atoms with Crippen LogP contribution < -0.4 is 0 Å². The highest BCUT2D eigenvalue weighted by Gasteiger charge is 2.41. The van der Waals surface area contributed by atoms with Crippen LogP contribution in [0.1, 0.15) is 23.3 Å². The van der Waals surface area contributed by atoms with E-state index in [1.807, 2.05) is 12.2 Å². The van der Waals surface area contributed by atoms with Gasteiger partial charge in [0, 0.05) is 0 Å². The summed E-state index contributed by atoms with van der Waals surface area (Å²) in [6, 6.07) is 0. The van der Waals surface area contributed by atoms with Crippen LogP contribution in [0, 0.1) is 0 Å². The fourth-order valence-electron chi connectivity index (χ4n) is 2.28. The van der Waals surface area contributed by atoms with Crippen molar-refractivity contribution in [2.75, 3.05) is 6.61 Å². The average molecular weight is 209 g/mol. The fourth-order valence-corrected chi connectivity index (χ4v) is 2.28. The number of aliphatic hydroxyl groups excluding tert-OH is 1. The van der Waals surface area contributed by atoms with E-state index in [9.17, 15) is 10.2 Å². The Balaban J connectivity index is 2.17. The number of hydrogen-bond acceptors (Lipinski definition) is 4. The van der Waals surface area contributed by atoms with E-state index in [0.29, 0.717) is 11.1 Å². The summed E-state index contributed by atoms with van der Waals surface area (Å²) in [5.74, 6) is -0.0122. The van der Waals surface area contributed by atoms with E-state index < -0.39 is 0 Å². The summed E-state index contributed by atoms with van der Waals surface area (Å²) in [5.41, 5.74) is 1.27. The molecule has 0 aromatic carbocycles. The van der Waals surface area contributed by atoms with Gasteiger partial charge in [-0.1, -0.05) is 12.2 Å². The van der Waals surface area contributed by atoms with Crippen LogP contribution in [-0.4, -0.2) is 26.5 Å². The number of fused-ring (bicyclic) bond motifs is 5. The third kappa shape index (κ3) is 0.938. The molecule has 5 heteroatoms. The maximum absolute atomic E-state index is 9.86. The van der Waals surface area contributed by atoms with Gasteiger partial charge in [-0.05, 0) is 0 Å². The average Bonchev–Trinajstić information content (AvgIpc) is 2.87. The molecule has 0 saturated carbocycles. The molecule has 2 aliphatic rings. The van der Waals surface area contributed by atoms with Crippen LogP contribution in [0.5, 0.6) is 11.8 Å². The highest BCUT2D eigenvalue weighted by molar-refractivity contribution is 5.55. The molecule has 0 amide bonds. The molecule has 2 atom stereocenters. The van der Waals surface area contributed by atoms with Gasteiger partial charge in [0.15, 0.2) is 0 Å². The first-order valence-corrected chi connectivity index (χ1v) is 4.83. The first kappa shape index (κ1) is 8.82. The van der Waals surface area contributed by atoms with Crippen LogP contribution in [0.3, 0.4) is 0 Å². The van der Waals surface area contributed by atoms with Crippen molar-refractivity contribution in [2.45, 2.75) is 18.8 Å². The van der Waals surface area contributed by atoms with Crippen molar-refractivity contribution in [3.8, 4) is 11.8 Å². The Labute approximate surface area is 85.8 Å². The molecule has 0 fully saturated rings. The molecule has 0 aliphatic carbocycles. The van der Waals surface area contributed by atoms with E-state index in [0.717, 1.165) is 0 Å². The van der Waals surface area contributed by atoms with Gasteiger partial charge in [0.2, 0.25) is 11.8 Å². The third-order valence-corrected chi connectivity index (χ3v) is 2.93. The molecule has 5 nitrogen and oxygen atoms in total. The summed E-state index contributed by atoms with van der Waals surface area (Å²) in [5, 5.41) is 28.5. The molecule has 0 unspecified atom stereocenters. The first-order valence-electron chi connectivity index (χ1n) is 4.83. The lowest BCUT2D eigenvalue weighted by Gasteiger charge is -2.08. The number of hydrogen-bond donors (Lipinski definition) is 3. The molecule has 0 spiro atoms. The van der Waals surface area contributed by atoms with Crippen LogP contribution in [0.2, 0.25) is 0 Å². The van der Waals surface area contributed by atoms with Crippen molar-refractivity contribution in [1.29, 1.82) is 0 Å². The summed E-state index contributed by atoms with van der Waals surface area (Å²) in [6.07, 6.45) is 3.21. The number of aromatic hydroxyl groups is 2. The van der Waals surface area contributed by atoms with Gasteiger partial charge < -0.3 is 20.1 Å². The number of nitrogens with zero attached hydrogens (tertiary/aromatic N) is 1. The predicted octanol–water partition coefficient (Wildman–Crippen LogP) is 0.574. The Kier molecular flexibility index (Phi) is 1.63. The van der Waals surface area contributed by atoms with Crippen molar-refractivity contribution in [3.05, 3.63) is 23.3 Å². The van der Waals surface area contributed by atoms with Gasteiger partial charge in [0.05, 0.1) is 24.3 Å². The summed E-state index contributed by atoms with van der Waals surface area (Å²) >= 11 is 0. The molecule has 80 valence electrons. The van der Waals surface area contributed by atoms with Crippen LogP contribution >= 0.6 is 0 Å². The second-order valence-corrected chi connectivity index (χ2v) is 3.71. The smallest absolute Gasteiger partial charge is 0.200 e. The lowest BCUT2D eigenvalue weighted by atomic mass is 10.0. The molecule has 3 rings (SSSR count). The summed E-state index contributed by atoms with van der Waals surface area (Å²) < 4.78 is 6.78. The number of aromatic nitrogens is 1. The SMILES string of the molecule is OCCn1c(O)c2c(c1O)[C@H]1C=C[C@@H]2O1. The zero-order valence-corrected chi connectivity index (χ0v) is 7.92. The summed E-state index contributed by atoms with van der Waals surface area (Å²) in [4.78, 5) is 0. The van der Waals surface area contributed by atoms with Gasteiger partial charge in [0.25, 0.3) is 0 Å². The largest absolute Gasteiger partial charge is 0.494 e. The van der Waals surface area contributed by atoms with Crippen LogP contribution in [0.15, 0.2) is 12.2 Å². The van der Waals surface area contributed by atoms with Gasteiger partial charge in [-0.2, -0.15) is 0 Å². The van der Waals surface area contributed by atoms with Gasteiger partial charge in [0.1, 0.15) is 12.2 Å². The molecule has 1 aromatic heterocycles. The van der Waals surface area contributed by atoms with Crippen LogP contribution in [-0.2, 0) is 11.3 Å². The Bertz CT molecular complexity index is 413. The molecule has 0 saturated heterocycles. The number of ether oxygens (including phenoxy) is 1. The van der Waals surface area contributed by atoms with Crippen molar-refractivity contribution < 1.29 is 20.1 Å². The predicted molar refractivity (Wildman–Crippen MR) is 50.6 cm³/mol. The maximum Gasteiger partial charge on any atom is 0.200 e. The van der Waals surface area contributed by atoms with E-state index >= 15 is 0 Å². The fraction of sp³-hybridized carbons (Fsp3) is 0.400.